The minimum atomic E-state index is -0.110. The Morgan fingerprint density at radius 3 is 0.923 bits per heavy atom. The van der Waals surface area contributed by atoms with Gasteiger partial charge in [0.05, 0.1) is 0 Å². The summed E-state index contributed by atoms with van der Waals surface area (Å²) in [5, 5.41) is 37.9. The zero-order chi connectivity index (χ0) is 28.5. The van der Waals surface area contributed by atoms with Crippen molar-refractivity contribution in [2.75, 3.05) is 0 Å². The normalized spacial score (nSPS) is 11.5. The summed E-state index contributed by atoms with van der Waals surface area (Å²) < 4.78 is 0. The first kappa shape index (κ1) is 29.6. The lowest BCUT2D eigenvalue weighted by Gasteiger charge is -2.35. The van der Waals surface area contributed by atoms with Crippen LogP contribution in [0.25, 0.3) is 0 Å². The van der Waals surface area contributed by atoms with Crippen LogP contribution < -0.4 is 0 Å². The molecule has 0 saturated heterocycles. The first-order valence-corrected chi connectivity index (χ1v) is 13.9. The van der Waals surface area contributed by atoms with Gasteiger partial charge in [0.15, 0.2) is 0 Å². The summed E-state index contributed by atoms with van der Waals surface area (Å²) >= 11 is 0. The van der Waals surface area contributed by atoms with Gasteiger partial charge >= 0.3 is 0 Å². The molecule has 0 unspecified atom stereocenters. The number of phenols is 4. The van der Waals surface area contributed by atoms with Crippen molar-refractivity contribution >= 4 is 0 Å². The zero-order valence-electron chi connectivity index (χ0n) is 23.6. The number of aromatic hydroxyl groups is 4. The zero-order valence-corrected chi connectivity index (χ0v) is 23.6. The molecule has 0 fully saturated rings. The fraction of sp³-hybridized carbons (Fsp3) is 0.314. The average Bonchev–Trinajstić information content (AvgIpc) is 2.94. The molecule has 0 spiro atoms. The van der Waals surface area contributed by atoms with E-state index in [1.165, 1.54) is 11.1 Å². The topological polar surface area (TPSA) is 80.9 Å². The first-order chi connectivity index (χ1) is 18.7. The SMILES string of the molecule is CCC(C)(c1ccc(O)cc1)c1ccc(O)cc1.CCCC(CCC)(c1ccc(O)cc1)c1ccc(O)cc1. The highest BCUT2D eigenvalue weighted by Gasteiger charge is 2.32. The van der Waals surface area contributed by atoms with Crippen molar-refractivity contribution in [2.24, 2.45) is 0 Å². The number of hydrogen-bond donors (Lipinski definition) is 4. The molecular weight excluding hydrogens is 484 g/mol. The molecule has 4 aromatic rings. The quantitative estimate of drug-likeness (QED) is 0.176. The van der Waals surface area contributed by atoms with E-state index in [0.29, 0.717) is 11.5 Å². The van der Waals surface area contributed by atoms with Crippen molar-refractivity contribution in [1.82, 2.24) is 0 Å². The number of benzene rings is 4. The fourth-order valence-corrected chi connectivity index (χ4v) is 5.52. The van der Waals surface area contributed by atoms with Crippen LogP contribution in [0.3, 0.4) is 0 Å². The standard InChI is InChI=1S/C19H24O2.C16H18O2/c1-3-13-19(14-4-2,15-5-9-17(20)10-6-15)16-7-11-18(21)12-8-16;1-3-16(2,12-4-8-14(17)9-5-12)13-6-10-15(18)11-7-13/h5-12,20-21H,3-4,13-14H2,1-2H3;4-11,17-18H,3H2,1-2H3. The van der Waals surface area contributed by atoms with E-state index in [2.05, 4.69) is 27.7 Å². The lowest BCUT2D eigenvalue weighted by molar-refractivity contribution is 0.422. The van der Waals surface area contributed by atoms with E-state index in [4.69, 9.17) is 0 Å². The summed E-state index contributed by atoms with van der Waals surface area (Å²) in [6.07, 6.45) is 5.22. The molecule has 0 amide bonds. The first-order valence-electron chi connectivity index (χ1n) is 13.9. The van der Waals surface area contributed by atoms with Crippen LogP contribution in [0.15, 0.2) is 97.1 Å². The molecule has 4 N–H and O–H groups in total. The van der Waals surface area contributed by atoms with E-state index in [0.717, 1.165) is 43.2 Å². The van der Waals surface area contributed by atoms with Crippen molar-refractivity contribution in [3.05, 3.63) is 119 Å². The minimum Gasteiger partial charge on any atom is -0.508 e. The molecule has 0 radical (unpaired) electrons. The number of rotatable bonds is 9. The summed E-state index contributed by atoms with van der Waals surface area (Å²) in [5.41, 5.74) is 4.62. The Morgan fingerprint density at radius 2 is 0.692 bits per heavy atom. The van der Waals surface area contributed by atoms with Gasteiger partial charge in [-0.2, -0.15) is 0 Å². The van der Waals surface area contributed by atoms with Gasteiger partial charge in [0, 0.05) is 10.8 Å². The van der Waals surface area contributed by atoms with Crippen LogP contribution in [0.4, 0.5) is 0 Å². The maximum Gasteiger partial charge on any atom is 0.115 e. The molecule has 0 bridgehead atoms. The van der Waals surface area contributed by atoms with Crippen LogP contribution >= 0.6 is 0 Å². The summed E-state index contributed by atoms with van der Waals surface area (Å²) in [6.45, 7) is 8.71. The van der Waals surface area contributed by atoms with Gasteiger partial charge in [-0.05, 0) is 90.0 Å². The van der Waals surface area contributed by atoms with Crippen molar-refractivity contribution in [1.29, 1.82) is 0 Å². The van der Waals surface area contributed by atoms with Gasteiger partial charge in [-0.15, -0.1) is 0 Å². The maximum absolute atomic E-state index is 9.56. The molecular formula is C35H42O4. The smallest absolute Gasteiger partial charge is 0.115 e. The second-order valence-corrected chi connectivity index (χ2v) is 10.5. The highest BCUT2D eigenvalue weighted by Crippen LogP contribution is 2.42. The van der Waals surface area contributed by atoms with E-state index < -0.39 is 0 Å². The Labute approximate surface area is 233 Å². The van der Waals surface area contributed by atoms with E-state index in [9.17, 15) is 20.4 Å². The van der Waals surface area contributed by atoms with Crippen LogP contribution in [-0.2, 0) is 10.8 Å². The van der Waals surface area contributed by atoms with Crippen molar-refractivity contribution in [3.63, 3.8) is 0 Å². The Bertz CT molecular complexity index is 1180. The molecule has 0 aromatic heterocycles. The van der Waals surface area contributed by atoms with Gasteiger partial charge in [0.25, 0.3) is 0 Å². The molecule has 4 aromatic carbocycles. The summed E-state index contributed by atoms with van der Waals surface area (Å²) in [4.78, 5) is 0. The average molecular weight is 527 g/mol. The van der Waals surface area contributed by atoms with Crippen molar-refractivity contribution in [2.45, 2.75) is 70.6 Å². The largest absolute Gasteiger partial charge is 0.508 e. The summed E-state index contributed by atoms with van der Waals surface area (Å²) in [6, 6.07) is 29.8. The molecule has 0 aliphatic rings. The second-order valence-electron chi connectivity index (χ2n) is 10.5. The van der Waals surface area contributed by atoms with Gasteiger partial charge in [-0.1, -0.05) is 89.1 Å². The molecule has 206 valence electrons. The van der Waals surface area contributed by atoms with Gasteiger partial charge < -0.3 is 20.4 Å². The van der Waals surface area contributed by atoms with Gasteiger partial charge in [0.2, 0.25) is 0 Å². The highest BCUT2D eigenvalue weighted by molar-refractivity contribution is 5.44. The maximum atomic E-state index is 9.56. The van der Waals surface area contributed by atoms with E-state index in [1.807, 2.05) is 48.5 Å². The molecule has 4 heteroatoms. The summed E-state index contributed by atoms with van der Waals surface area (Å²) in [5.74, 6) is 1.16. The minimum absolute atomic E-state index is 0.0507. The Morgan fingerprint density at radius 1 is 0.436 bits per heavy atom. The molecule has 0 heterocycles. The van der Waals surface area contributed by atoms with Crippen LogP contribution in [0.2, 0.25) is 0 Å². The van der Waals surface area contributed by atoms with Crippen molar-refractivity contribution < 1.29 is 20.4 Å². The predicted molar refractivity (Wildman–Crippen MR) is 160 cm³/mol. The van der Waals surface area contributed by atoms with E-state index >= 15 is 0 Å². The molecule has 39 heavy (non-hydrogen) atoms. The fourth-order valence-electron chi connectivity index (χ4n) is 5.52. The number of hydrogen-bond acceptors (Lipinski definition) is 4. The van der Waals surface area contributed by atoms with Crippen molar-refractivity contribution in [3.8, 4) is 23.0 Å². The molecule has 4 nitrogen and oxygen atoms in total. The number of phenolic OH excluding ortho intramolecular Hbond substituents is 4. The lowest BCUT2D eigenvalue weighted by atomic mass is 9.68. The monoisotopic (exact) mass is 526 g/mol. The third-order valence-corrected chi connectivity index (χ3v) is 7.91. The Balaban J connectivity index is 0.000000218. The molecule has 0 aliphatic heterocycles. The Kier molecular flexibility index (Phi) is 10.1. The van der Waals surface area contributed by atoms with Crippen LogP contribution in [0, 0.1) is 0 Å². The molecule has 4 rings (SSSR count). The molecule has 0 saturated carbocycles. The third-order valence-electron chi connectivity index (χ3n) is 7.91. The predicted octanol–water partition coefficient (Wildman–Crippen LogP) is 8.80. The molecule has 0 atom stereocenters. The highest BCUT2D eigenvalue weighted by atomic mass is 16.3. The Hall–Kier alpha value is -3.92. The van der Waals surface area contributed by atoms with Gasteiger partial charge in [-0.25, -0.2) is 0 Å². The third kappa shape index (κ3) is 6.94. The molecule has 0 aliphatic carbocycles. The summed E-state index contributed by atoms with van der Waals surface area (Å²) in [7, 11) is 0. The van der Waals surface area contributed by atoms with Gasteiger partial charge in [0.1, 0.15) is 23.0 Å². The second kappa shape index (κ2) is 13.2. The van der Waals surface area contributed by atoms with E-state index in [1.54, 1.807) is 48.5 Å². The van der Waals surface area contributed by atoms with Crippen LogP contribution in [0.1, 0.15) is 82.1 Å². The van der Waals surface area contributed by atoms with Gasteiger partial charge in [-0.3, -0.25) is 0 Å². The van der Waals surface area contributed by atoms with E-state index in [-0.39, 0.29) is 22.3 Å². The van der Waals surface area contributed by atoms with Crippen LogP contribution in [-0.4, -0.2) is 20.4 Å². The van der Waals surface area contributed by atoms with Crippen LogP contribution in [0.5, 0.6) is 23.0 Å². The lowest BCUT2D eigenvalue weighted by Crippen LogP contribution is -2.27.